The average molecular weight is 547 g/mol. The Morgan fingerprint density at radius 1 is 0.897 bits per heavy atom. The second-order valence-corrected chi connectivity index (χ2v) is 10.3. The molecule has 0 amide bonds. The van der Waals surface area contributed by atoms with Crippen molar-refractivity contribution in [2.45, 2.75) is 46.5 Å². The molecule has 0 unspecified atom stereocenters. The molecule has 2 aromatic carbocycles. The minimum Gasteiger partial charge on any atom is -0.493 e. The van der Waals surface area contributed by atoms with E-state index in [1.165, 1.54) is 11.1 Å². The smallest absolute Gasteiger partial charge is 0.147 e. The second kappa shape index (κ2) is 11.1. The third-order valence-electron chi connectivity index (χ3n) is 5.30. The molecule has 0 fully saturated rings. The van der Waals surface area contributed by atoms with Crippen LogP contribution in [0.5, 0.6) is 11.5 Å². The summed E-state index contributed by atoms with van der Waals surface area (Å²) in [6, 6.07) is 12.7. The summed E-state index contributed by atoms with van der Waals surface area (Å²) in [6.45, 7) is 12.3. The lowest BCUT2D eigenvalue weighted by Crippen LogP contribution is -2.19. The van der Waals surface area contributed by atoms with E-state index in [1.807, 2.05) is 0 Å². The van der Waals surface area contributed by atoms with Crippen molar-refractivity contribution in [1.82, 2.24) is 0 Å². The van der Waals surface area contributed by atoms with Crippen LogP contribution < -0.4 is 9.47 Å². The third-order valence-corrected chi connectivity index (χ3v) is 7.01. The highest BCUT2D eigenvalue weighted by Gasteiger charge is 2.25. The van der Waals surface area contributed by atoms with E-state index in [1.54, 1.807) is 0 Å². The first kappa shape index (κ1) is 24.6. The fourth-order valence-electron chi connectivity index (χ4n) is 2.82. The number of rotatable bonds is 10. The first-order valence-corrected chi connectivity index (χ1v) is 12.2. The van der Waals surface area contributed by atoms with Crippen LogP contribution in [0.4, 0.5) is 0 Å². The van der Waals surface area contributed by atoms with Gasteiger partial charge in [0.25, 0.3) is 0 Å². The summed E-state index contributed by atoms with van der Waals surface area (Å²) in [5.74, 6) is 3.18. The summed E-state index contributed by atoms with van der Waals surface area (Å²) in [7, 11) is 0. The van der Waals surface area contributed by atoms with Gasteiger partial charge in [-0.2, -0.15) is 0 Å². The summed E-state index contributed by atoms with van der Waals surface area (Å²) in [4.78, 5) is 0. The molecule has 0 N–H and O–H groups in total. The first-order valence-electron chi connectivity index (χ1n) is 10.1. The highest BCUT2D eigenvalue weighted by molar-refractivity contribution is 9.11. The second-order valence-electron chi connectivity index (χ2n) is 8.31. The van der Waals surface area contributed by atoms with Gasteiger partial charge in [-0.25, -0.2) is 0 Å². The maximum atomic E-state index is 5.97. The zero-order chi connectivity index (χ0) is 21.6. The van der Waals surface area contributed by atoms with Crippen molar-refractivity contribution in [3.63, 3.8) is 0 Å². The van der Waals surface area contributed by atoms with Gasteiger partial charge in [0, 0.05) is 17.2 Å². The number of halogens is 3. The van der Waals surface area contributed by atoms with E-state index < -0.39 is 0 Å². The van der Waals surface area contributed by atoms with Crippen molar-refractivity contribution in [3.05, 3.63) is 56.5 Å². The van der Waals surface area contributed by atoms with Crippen LogP contribution in [0.15, 0.2) is 45.3 Å². The van der Waals surface area contributed by atoms with Gasteiger partial charge in [-0.3, -0.25) is 0 Å². The topological polar surface area (TPSA) is 18.5 Å². The van der Waals surface area contributed by atoms with Crippen LogP contribution in [0.2, 0.25) is 0 Å². The van der Waals surface area contributed by atoms with Gasteiger partial charge in [-0.05, 0) is 73.2 Å². The summed E-state index contributed by atoms with van der Waals surface area (Å²) in [5, 5.41) is 0. The predicted molar refractivity (Wildman–Crippen MR) is 131 cm³/mol. The summed E-state index contributed by atoms with van der Waals surface area (Å²) in [5.41, 5.74) is 2.27. The normalized spacial score (nSPS) is 13.8. The lowest BCUT2D eigenvalue weighted by atomic mass is 9.78. The van der Waals surface area contributed by atoms with Crippen LogP contribution in [-0.2, 0) is 5.41 Å². The van der Waals surface area contributed by atoms with Crippen LogP contribution in [0.1, 0.15) is 52.2 Å². The zero-order valence-electron chi connectivity index (χ0n) is 17.9. The van der Waals surface area contributed by atoms with Crippen LogP contribution in [-0.4, -0.2) is 19.1 Å². The van der Waals surface area contributed by atoms with Crippen molar-refractivity contribution < 1.29 is 9.47 Å². The van der Waals surface area contributed by atoms with Gasteiger partial charge in [-0.15, -0.1) is 11.6 Å². The van der Waals surface area contributed by atoms with Crippen LogP contribution >= 0.6 is 43.5 Å². The Hall–Kier alpha value is -0.710. The van der Waals surface area contributed by atoms with E-state index in [9.17, 15) is 0 Å². The molecule has 2 atom stereocenters. The lowest BCUT2D eigenvalue weighted by molar-refractivity contribution is 0.256. The van der Waals surface area contributed by atoms with Crippen LogP contribution in [0.25, 0.3) is 0 Å². The van der Waals surface area contributed by atoms with Crippen LogP contribution in [0.3, 0.4) is 0 Å². The van der Waals surface area contributed by atoms with Crippen LogP contribution in [0, 0.1) is 11.8 Å². The van der Waals surface area contributed by atoms with Crippen molar-refractivity contribution in [3.8, 4) is 11.5 Å². The van der Waals surface area contributed by atoms with Crippen molar-refractivity contribution in [1.29, 1.82) is 0 Å². The molecule has 0 spiro atoms. The largest absolute Gasteiger partial charge is 0.493 e. The Morgan fingerprint density at radius 3 is 1.97 bits per heavy atom. The quantitative estimate of drug-likeness (QED) is 0.280. The average Bonchev–Trinajstić information content (AvgIpc) is 2.71. The highest BCUT2D eigenvalue weighted by Crippen LogP contribution is 2.41. The van der Waals surface area contributed by atoms with E-state index in [2.05, 4.69) is 103 Å². The minimum absolute atomic E-state index is 0.164. The van der Waals surface area contributed by atoms with E-state index in [0.717, 1.165) is 33.5 Å². The number of ether oxygens (including phenoxy) is 2. The first-order chi connectivity index (χ1) is 13.7. The van der Waals surface area contributed by atoms with Gasteiger partial charge in [-0.1, -0.05) is 53.2 Å². The number of benzene rings is 2. The molecule has 0 saturated carbocycles. The third kappa shape index (κ3) is 6.63. The molecule has 0 radical (unpaired) electrons. The molecule has 2 rings (SSSR count). The molecule has 5 heteroatoms. The fraction of sp³-hybridized carbons (Fsp3) is 0.500. The van der Waals surface area contributed by atoms with E-state index in [4.69, 9.17) is 21.1 Å². The fourth-order valence-corrected chi connectivity index (χ4v) is 4.32. The highest BCUT2D eigenvalue weighted by atomic mass is 79.9. The Kier molecular flexibility index (Phi) is 9.37. The molecular formula is C24H31Br2ClO2. The van der Waals surface area contributed by atoms with Gasteiger partial charge in [0.15, 0.2) is 0 Å². The molecule has 29 heavy (non-hydrogen) atoms. The Bertz CT molecular complexity index is 767. The molecule has 0 aromatic heterocycles. The van der Waals surface area contributed by atoms with E-state index in [-0.39, 0.29) is 5.41 Å². The predicted octanol–water partition coefficient (Wildman–Crippen LogP) is 8.22. The van der Waals surface area contributed by atoms with Gasteiger partial charge >= 0.3 is 0 Å². The molecule has 2 nitrogen and oxygen atoms in total. The number of alkyl halides is 1. The molecule has 160 valence electrons. The Balaban J connectivity index is 2.19. The van der Waals surface area contributed by atoms with E-state index >= 15 is 0 Å². The maximum Gasteiger partial charge on any atom is 0.147 e. The van der Waals surface area contributed by atoms with Gasteiger partial charge in [0.2, 0.25) is 0 Å². The van der Waals surface area contributed by atoms with Crippen molar-refractivity contribution in [2.75, 3.05) is 19.1 Å². The molecule has 0 heterocycles. The molecule has 0 aliphatic rings. The zero-order valence-corrected chi connectivity index (χ0v) is 21.8. The Labute approximate surface area is 197 Å². The summed E-state index contributed by atoms with van der Waals surface area (Å²) < 4.78 is 13.7. The van der Waals surface area contributed by atoms with Crippen molar-refractivity contribution in [2.24, 2.45) is 11.8 Å². The molecule has 2 aromatic rings. The van der Waals surface area contributed by atoms with Crippen molar-refractivity contribution >= 4 is 43.5 Å². The molecule has 0 aliphatic carbocycles. The van der Waals surface area contributed by atoms with Gasteiger partial charge in [0.1, 0.15) is 11.5 Å². The molecular weight excluding hydrogens is 516 g/mol. The summed E-state index contributed by atoms with van der Waals surface area (Å²) >= 11 is 13.3. The molecule has 0 saturated heterocycles. The SMILES string of the molecule is CC[C@H](C)COc1ccc(C(C)(C)c2cc(Br)c(OC[C@H](C)CCl)c(Br)c2)cc1. The maximum absolute atomic E-state index is 5.97. The number of hydrogen-bond donors (Lipinski definition) is 0. The van der Waals surface area contributed by atoms with E-state index in [0.29, 0.717) is 24.3 Å². The standard InChI is InChI=1S/C24H31Br2ClO2/c1-6-16(2)14-28-20-9-7-18(8-10-20)24(4,5)19-11-21(25)23(22(26)12-19)29-15-17(3)13-27/h7-12,16-17H,6,13-15H2,1-5H3/t16-,17+/m0/s1. The van der Waals surface area contributed by atoms with Gasteiger partial charge in [0.05, 0.1) is 22.2 Å². The van der Waals surface area contributed by atoms with Gasteiger partial charge < -0.3 is 9.47 Å². The Morgan fingerprint density at radius 2 is 1.45 bits per heavy atom. The summed E-state index contributed by atoms with van der Waals surface area (Å²) in [6.07, 6.45) is 1.12. The minimum atomic E-state index is -0.164. The number of hydrogen-bond acceptors (Lipinski definition) is 2. The lowest BCUT2D eigenvalue weighted by Gasteiger charge is -2.27. The monoisotopic (exact) mass is 544 g/mol. The molecule has 0 aliphatic heterocycles. The molecule has 0 bridgehead atoms.